The summed E-state index contributed by atoms with van der Waals surface area (Å²) in [5, 5.41) is 0. The molecular formula is C95H113NO38. The van der Waals surface area contributed by atoms with Crippen molar-refractivity contribution in [1.82, 2.24) is 4.90 Å². The minimum absolute atomic E-state index is 0.00957. The second-order valence-corrected chi connectivity index (χ2v) is 31.1. The summed E-state index contributed by atoms with van der Waals surface area (Å²) in [6.45, 7) is 6.31. The molecule has 0 aromatic heterocycles. The Bertz CT molecular complexity index is 4660. The summed E-state index contributed by atoms with van der Waals surface area (Å²) in [6, 6.07) is 44.8. The molecule has 11 rings (SSSR count). The number of amides is 1. The van der Waals surface area contributed by atoms with Crippen LogP contribution in [0, 0.1) is 0 Å². The molecule has 0 aliphatic carbocycles. The number of benzene rings is 6. The smallest absolute Gasteiger partial charge is 0.338 e. The van der Waals surface area contributed by atoms with Gasteiger partial charge in [0, 0.05) is 54.8 Å². The van der Waals surface area contributed by atoms with Crippen molar-refractivity contribution in [1.29, 1.82) is 0 Å². The van der Waals surface area contributed by atoms with Crippen LogP contribution in [0.1, 0.15) is 110 Å². The van der Waals surface area contributed by atoms with Gasteiger partial charge in [-0.05, 0) is 86.1 Å². The van der Waals surface area contributed by atoms with E-state index in [4.69, 9.17) is 128 Å². The number of carbonyl (C=O) groups is 11. The van der Waals surface area contributed by atoms with E-state index in [1.807, 2.05) is 0 Å². The van der Waals surface area contributed by atoms with E-state index >= 15 is 19.2 Å². The normalized spacial score (nSPS) is 25.0. The number of likely N-dealkylation sites (N-methyl/N-ethyl adjacent to an activating group) is 1. The van der Waals surface area contributed by atoms with Gasteiger partial charge in [-0.3, -0.25) is 24.0 Å². The minimum Gasteiger partial charge on any atom is -0.463 e. The zero-order valence-corrected chi connectivity index (χ0v) is 75.2. The van der Waals surface area contributed by atoms with Gasteiger partial charge in [0.25, 0.3) is 5.91 Å². The Kier molecular flexibility index (Phi) is 41.5. The van der Waals surface area contributed by atoms with Crippen molar-refractivity contribution in [2.75, 3.05) is 146 Å². The summed E-state index contributed by atoms with van der Waals surface area (Å²) in [6.07, 6.45) is -32.4. The maximum Gasteiger partial charge on any atom is 0.338 e. The van der Waals surface area contributed by atoms with Gasteiger partial charge in [-0.1, -0.05) is 109 Å². The molecule has 0 radical (unpaired) electrons. The molecule has 134 heavy (non-hydrogen) atoms. The average Bonchev–Trinajstić information content (AvgIpc) is 1.32. The molecule has 5 fully saturated rings. The molecule has 726 valence electrons. The number of hydrogen-bond acceptors (Lipinski definition) is 38. The van der Waals surface area contributed by atoms with Crippen LogP contribution in [0.3, 0.4) is 0 Å². The zero-order chi connectivity index (χ0) is 95.1. The standard InChI is InChI=1S/C95H113NO38/c1-60(97)115-57-72-76(121-61(2)98)79(122-62(3)99)82(123-63(4)100)92(126-72)132-78-74(59-119-86(102)65-28-16-9-17-29-65)127-93(84(131-90(106)69-36-24-13-25-37-69)81(78)129-88(104)67-32-20-11-21-33-67)133-77-73(58-118-85(101)64-26-14-8-15-27-64)125-91(83(130-89(105)68-34-22-12-23-35-68)80(77)128-87(103)66-30-18-10-19-31-66)124-71(56-117-75-39-41-120-95(5,134-75)94(107)96(6)7)54-114-53-52-113-51-50-112-49-48-111-47-46-110-45-44-109-43-42-108-40-38-70-55-116-70/h8-37,70-84,91-93H,38-59H2,1-7H3/t70?,71?,72-,73-,74-,75+,76+,77-,78+,79+,80+,81+,82-,83-,84-,91-,92-,93+,95+/m1/s1. The van der Waals surface area contributed by atoms with Crippen LogP contribution < -0.4 is 0 Å². The molecule has 6 aromatic rings. The Morgan fingerprint density at radius 3 is 1.04 bits per heavy atom. The molecule has 0 spiro atoms. The first-order valence-corrected chi connectivity index (χ1v) is 43.8. The number of hydrogen-bond donors (Lipinski definition) is 0. The number of epoxide rings is 1. The predicted molar refractivity (Wildman–Crippen MR) is 459 cm³/mol. The lowest BCUT2D eigenvalue weighted by molar-refractivity contribution is -0.380. The Labute approximate surface area is 773 Å². The summed E-state index contributed by atoms with van der Waals surface area (Å²) in [4.78, 5) is 158. The fourth-order valence-electron chi connectivity index (χ4n) is 14.2. The molecule has 5 aliphatic rings. The SMILES string of the molecule is CC(=O)OC[C@H]1O[C@H](O[C@@H]2[C@H](OC(=O)c3ccccc3)[C@@H](OC(=O)c3ccccc3)[C@H](O[C@H]3[C@H](OC(=O)c4ccccc4)[C@@H](OC(=O)c4ccccc4)[C@H](OC(COCCOCCOCCOCCOCCOCCOCCC4CO4)CO[C@@H]4CCO[C@](C)(C(=O)N(C)C)O4)O[C@@H]3COC(=O)c3ccccc3)O[C@@H]2COC(=O)c2ccccc2)[C@H](OC(C)=O)[C@@H](OC(C)=O)[C@H]1OC(C)=O. The van der Waals surface area contributed by atoms with E-state index in [9.17, 15) is 33.6 Å². The van der Waals surface area contributed by atoms with Gasteiger partial charge < -0.3 is 133 Å². The summed E-state index contributed by atoms with van der Waals surface area (Å²) in [5.41, 5.74) is -0.531. The van der Waals surface area contributed by atoms with Gasteiger partial charge in [0.15, 0.2) is 67.9 Å². The molecule has 0 N–H and O–H groups in total. The fraction of sp³-hybridized carbons (Fsp3) is 0.505. The maximum atomic E-state index is 15.5. The van der Waals surface area contributed by atoms with Crippen molar-refractivity contribution in [3.8, 4) is 0 Å². The molecule has 5 saturated heterocycles. The van der Waals surface area contributed by atoms with Gasteiger partial charge in [0.05, 0.1) is 145 Å². The van der Waals surface area contributed by atoms with Crippen molar-refractivity contribution in [3.05, 3.63) is 215 Å². The van der Waals surface area contributed by atoms with Crippen LogP contribution in [0.5, 0.6) is 0 Å². The van der Waals surface area contributed by atoms with Crippen LogP contribution in [0.2, 0.25) is 0 Å². The molecule has 5 heterocycles. The zero-order valence-electron chi connectivity index (χ0n) is 75.2. The van der Waals surface area contributed by atoms with E-state index in [1.54, 1.807) is 48.5 Å². The Hall–Kier alpha value is -11.2. The van der Waals surface area contributed by atoms with Crippen LogP contribution in [0.25, 0.3) is 0 Å². The molecule has 6 aromatic carbocycles. The first-order valence-electron chi connectivity index (χ1n) is 43.8. The molecule has 19 atom stereocenters. The number of esters is 10. The van der Waals surface area contributed by atoms with Crippen LogP contribution >= 0.6 is 0 Å². The van der Waals surface area contributed by atoms with Gasteiger partial charge in [0.2, 0.25) is 5.79 Å². The van der Waals surface area contributed by atoms with Crippen molar-refractivity contribution < 1.29 is 181 Å². The van der Waals surface area contributed by atoms with Crippen LogP contribution in [-0.4, -0.2) is 333 Å². The van der Waals surface area contributed by atoms with Gasteiger partial charge in [0.1, 0.15) is 56.4 Å². The lowest BCUT2D eigenvalue weighted by Gasteiger charge is -2.50. The summed E-state index contributed by atoms with van der Waals surface area (Å²) >= 11 is 0. The van der Waals surface area contributed by atoms with E-state index in [2.05, 4.69) is 0 Å². The molecule has 0 saturated carbocycles. The predicted octanol–water partition coefficient (Wildman–Crippen LogP) is 6.78. The lowest BCUT2D eigenvalue weighted by Crippen LogP contribution is -2.69. The van der Waals surface area contributed by atoms with Crippen molar-refractivity contribution in [2.24, 2.45) is 0 Å². The minimum atomic E-state index is -2.38. The first-order chi connectivity index (χ1) is 64.9. The molecule has 2 unspecified atom stereocenters. The number of rotatable bonds is 52. The van der Waals surface area contributed by atoms with E-state index in [0.717, 1.165) is 40.7 Å². The molecule has 39 nitrogen and oxygen atoms in total. The van der Waals surface area contributed by atoms with Gasteiger partial charge in [-0.2, -0.15) is 0 Å². The maximum absolute atomic E-state index is 15.5. The molecule has 39 heteroatoms. The third-order valence-electron chi connectivity index (χ3n) is 20.7. The largest absolute Gasteiger partial charge is 0.463 e. The van der Waals surface area contributed by atoms with E-state index < -0.39 is 209 Å². The first kappa shape index (κ1) is 103. The Balaban J connectivity index is 0.982. The van der Waals surface area contributed by atoms with Crippen molar-refractivity contribution >= 4 is 65.6 Å². The van der Waals surface area contributed by atoms with Crippen molar-refractivity contribution in [2.45, 2.75) is 164 Å². The van der Waals surface area contributed by atoms with Crippen LogP contribution in [0.15, 0.2) is 182 Å². The van der Waals surface area contributed by atoms with Crippen molar-refractivity contribution in [3.63, 3.8) is 0 Å². The molecule has 0 bridgehead atoms. The molecule has 5 aliphatic heterocycles. The van der Waals surface area contributed by atoms with E-state index in [0.29, 0.717) is 52.4 Å². The fourth-order valence-corrected chi connectivity index (χ4v) is 14.2. The highest BCUT2D eigenvalue weighted by Gasteiger charge is 2.61. The third kappa shape index (κ3) is 32.6. The molecular weight excluding hydrogens is 1760 g/mol. The van der Waals surface area contributed by atoms with Gasteiger partial charge >= 0.3 is 59.7 Å². The lowest BCUT2D eigenvalue weighted by atomic mass is 9.94. The van der Waals surface area contributed by atoms with Crippen LogP contribution in [-0.2, 0) is 152 Å². The number of nitrogens with zero attached hydrogens (tertiary/aromatic N) is 1. The van der Waals surface area contributed by atoms with E-state index in [-0.39, 0.29) is 86.0 Å². The second kappa shape index (κ2) is 53.8. The third-order valence-corrected chi connectivity index (χ3v) is 20.7. The topological polar surface area (TPSA) is 444 Å². The van der Waals surface area contributed by atoms with Gasteiger partial charge in [-0.25, -0.2) is 28.8 Å². The highest BCUT2D eigenvalue weighted by Crippen LogP contribution is 2.41. The van der Waals surface area contributed by atoms with Crippen LogP contribution in [0.4, 0.5) is 0 Å². The van der Waals surface area contributed by atoms with Gasteiger partial charge in [-0.15, -0.1) is 0 Å². The summed E-state index contributed by atoms with van der Waals surface area (Å²) in [5.74, 6) is -13.0. The summed E-state index contributed by atoms with van der Waals surface area (Å²) < 4.78 is 168. The number of carbonyl (C=O) groups excluding carboxylic acids is 11. The average molecular weight is 1880 g/mol. The highest BCUT2D eigenvalue weighted by molar-refractivity contribution is 5.92. The number of ether oxygens (including phenoxy) is 27. The summed E-state index contributed by atoms with van der Waals surface area (Å²) in [7, 11) is 3.03. The molecule has 1 amide bonds. The highest BCUT2D eigenvalue weighted by atomic mass is 16.8. The quantitative estimate of drug-likeness (QED) is 0.0164. The Morgan fingerprint density at radius 2 is 0.672 bits per heavy atom. The second-order valence-electron chi connectivity index (χ2n) is 31.1. The Morgan fingerprint density at radius 1 is 0.358 bits per heavy atom. The monoisotopic (exact) mass is 1880 g/mol. The van der Waals surface area contributed by atoms with E-state index in [1.165, 1.54) is 159 Å².